The van der Waals surface area contributed by atoms with Gasteiger partial charge in [-0.05, 0) is 31.1 Å². The van der Waals surface area contributed by atoms with Gasteiger partial charge in [0.2, 0.25) is 0 Å². The Labute approximate surface area is 118 Å². The number of anilines is 1. The SMILES string of the molecule is COC(=O)c1cnc(N2CCCC(C(C)C)CC2)s1. The molecule has 1 fully saturated rings. The van der Waals surface area contributed by atoms with Crippen molar-refractivity contribution in [3.05, 3.63) is 11.1 Å². The molecule has 4 nitrogen and oxygen atoms in total. The topological polar surface area (TPSA) is 42.4 Å². The van der Waals surface area contributed by atoms with Crippen molar-refractivity contribution in [1.82, 2.24) is 4.98 Å². The fourth-order valence-corrected chi connectivity index (χ4v) is 3.47. The molecule has 0 spiro atoms. The highest BCUT2D eigenvalue weighted by Crippen LogP contribution is 2.29. The van der Waals surface area contributed by atoms with Gasteiger partial charge in [-0.25, -0.2) is 9.78 Å². The van der Waals surface area contributed by atoms with Crippen LogP contribution in [0.2, 0.25) is 0 Å². The molecule has 1 aromatic heterocycles. The van der Waals surface area contributed by atoms with Crippen molar-refractivity contribution in [2.45, 2.75) is 33.1 Å². The molecule has 1 atom stereocenters. The lowest BCUT2D eigenvalue weighted by Gasteiger charge is -2.20. The van der Waals surface area contributed by atoms with Crippen LogP contribution in [0.1, 0.15) is 42.8 Å². The van der Waals surface area contributed by atoms with Crippen LogP contribution in [0.3, 0.4) is 0 Å². The molecule has 2 rings (SSSR count). The Morgan fingerprint density at radius 2 is 2.26 bits per heavy atom. The lowest BCUT2D eigenvalue weighted by Crippen LogP contribution is -2.24. The van der Waals surface area contributed by atoms with Crippen LogP contribution in [0.5, 0.6) is 0 Å². The van der Waals surface area contributed by atoms with Crippen LogP contribution in [0.25, 0.3) is 0 Å². The van der Waals surface area contributed by atoms with Gasteiger partial charge in [-0.2, -0.15) is 0 Å². The minimum absolute atomic E-state index is 0.293. The van der Waals surface area contributed by atoms with Gasteiger partial charge in [0.25, 0.3) is 0 Å². The van der Waals surface area contributed by atoms with Crippen LogP contribution in [0.15, 0.2) is 6.20 Å². The van der Waals surface area contributed by atoms with E-state index in [1.807, 2.05) is 0 Å². The van der Waals surface area contributed by atoms with E-state index >= 15 is 0 Å². The number of ether oxygens (including phenoxy) is 1. The summed E-state index contributed by atoms with van der Waals surface area (Å²) in [5, 5.41) is 0.949. The Kier molecular flexibility index (Phi) is 4.80. The van der Waals surface area contributed by atoms with Crippen LogP contribution in [0, 0.1) is 11.8 Å². The number of methoxy groups -OCH3 is 1. The van der Waals surface area contributed by atoms with Crippen molar-refractivity contribution in [1.29, 1.82) is 0 Å². The summed E-state index contributed by atoms with van der Waals surface area (Å²) in [4.78, 5) is 18.7. The normalized spacial score (nSPS) is 20.4. The lowest BCUT2D eigenvalue weighted by atomic mass is 9.89. The summed E-state index contributed by atoms with van der Waals surface area (Å²) >= 11 is 1.43. The maximum absolute atomic E-state index is 11.4. The van der Waals surface area contributed by atoms with Crippen LogP contribution in [-0.4, -0.2) is 31.2 Å². The highest BCUT2D eigenvalue weighted by molar-refractivity contribution is 7.17. The molecule has 0 radical (unpaired) electrons. The van der Waals surface area contributed by atoms with Crippen LogP contribution < -0.4 is 4.90 Å². The number of aromatic nitrogens is 1. The molecule has 1 saturated heterocycles. The van der Waals surface area contributed by atoms with Crippen LogP contribution >= 0.6 is 11.3 Å². The summed E-state index contributed by atoms with van der Waals surface area (Å²) in [6.07, 6.45) is 5.33. The minimum Gasteiger partial charge on any atom is -0.465 e. The monoisotopic (exact) mass is 282 g/mol. The summed E-state index contributed by atoms with van der Waals surface area (Å²) < 4.78 is 4.72. The number of carbonyl (C=O) groups is 1. The fraction of sp³-hybridized carbons (Fsp3) is 0.714. The summed E-state index contributed by atoms with van der Waals surface area (Å²) in [7, 11) is 1.40. The second kappa shape index (κ2) is 6.37. The zero-order valence-corrected chi connectivity index (χ0v) is 12.7. The Morgan fingerprint density at radius 3 is 2.95 bits per heavy atom. The van der Waals surface area contributed by atoms with Gasteiger partial charge in [0.05, 0.1) is 13.3 Å². The van der Waals surface area contributed by atoms with Crippen LogP contribution in [-0.2, 0) is 4.74 Å². The average molecular weight is 282 g/mol. The third kappa shape index (κ3) is 3.47. The molecule has 106 valence electrons. The molecule has 0 bridgehead atoms. The Bertz CT molecular complexity index is 431. The molecule has 5 heteroatoms. The molecule has 1 aromatic rings. The third-order valence-electron chi connectivity index (χ3n) is 3.87. The number of thiazole rings is 1. The number of nitrogens with zero attached hydrogens (tertiary/aromatic N) is 2. The number of carbonyl (C=O) groups excluding carboxylic acids is 1. The average Bonchev–Trinajstić information content (AvgIpc) is 2.75. The van der Waals surface area contributed by atoms with Gasteiger partial charge in [0.15, 0.2) is 5.13 Å². The van der Waals surface area contributed by atoms with E-state index in [-0.39, 0.29) is 5.97 Å². The Morgan fingerprint density at radius 1 is 1.47 bits per heavy atom. The summed E-state index contributed by atoms with van der Waals surface area (Å²) in [6.45, 7) is 6.69. The molecule has 0 aliphatic carbocycles. The van der Waals surface area contributed by atoms with Crippen molar-refractivity contribution in [3.63, 3.8) is 0 Å². The van der Waals surface area contributed by atoms with Gasteiger partial charge < -0.3 is 9.64 Å². The van der Waals surface area contributed by atoms with E-state index < -0.39 is 0 Å². The zero-order valence-electron chi connectivity index (χ0n) is 11.9. The van der Waals surface area contributed by atoms with Crippen molar-refractivity contribution >= 4 is 22.4 Å². The Hall–Kier alpha value is -1.10. The first-order chi connectivity index (χ1) is 9.11. The maximum atomic E-state index is 11.4. The second-order valence-electron chi connectivity index (χ2n) is 5.42. The Balaban J connectivity index is 2.02. The standard InChI is InChI=1S/C14H22N2O2S/c1-10(2)11-5-4-7-16(8-6-11)14-15-9-12(19-14)13(17)18-3/h9-11H,4-8H2,1-3H3. The number of rotatable bonds is 3. The van der Waals surface area contributed by atoms with Gasteiger partial charge in [-0.3, -0.25) is 0 Å². The zero-order chi connectivity index (χ0) is 13.8. The number of hydrogen-bond donors (Lipinski definition) is 0. The van der Waals surface area contributed by atoms with Gasteiger partial charge >= 0.3 is 5.97 Å². The molecule has 19 heavy (non-hydrogen) atoms. The third-order valence-corrected chi connectivity index (χ3v) is 4.90. The van der Waals surface area contributed by atoms with E-state index in [1.54, 1.807) is 6.20 Å². The fourth-order valence-electron chi connectivity index (χ4n) is 2.59. The number of hydrogen-bond acceptors (Lipinski definition) is 5. The highest BCUT2D eigenvalue weighted by Gasteiger charge is 2.22. The largest absolute Gasteiger partial charge is 0.465 e. The molecule has 0 N–H and O–H groups in total. The molecule has 0 aromatic carbocycles. The lowest BCUT2D eigenvalue weighted by molar-refractivity contribution is 0.0606. The highest BCUT2D eigenvalue weighted by atomic mass is 32.1. The summed E-state index contributed by atoms with van der Waals surface area (Å²) in [5.41, 5.74) is 0. The number of esters is 1. The van der Waals surface area contributed by atoms with E-state index in [0.29, 0.717) is 4.88 Å². The van der Waals surface area contributed by atoms with Crippen LogP contribution in [0.4, 0.5) is 5.13 Å². The van der Waals surface area contributed by atoms with Gasteiger partial charge in [0, 0.05) is 13.1 Å². The molecule has 1 unspecified atom stereocenters. The maximum Gasteiger partial charge on any atom is 0.349 e. The summed E-state index contributed by atoms with van der Waals surface area (Å²) in [6, 6.07) is 0. The van der Waals surface area contributed by atoms with Gasteiger partial charge in [-0.15, -0.1) is 0 Å². The van der Waals surface area contributed by atoms with Crippen molar-refractivity contribution in [3.8, 4) is 0 Å². The molecule has 0 saturated carbocycles. The molecule has 2 heterocycles. The first-order valence-electron chi connectivity index (χ1n) is 6.91. The van der Waals surface area contributed by atoms with E-state index in [4.69, 9.17) is 4.74 Å². The van der Waals surface area contributed by atoms with E-state index in [1.165, 1.54) is 37.7 Å². The van der Waals surface area contributed by atoms with Gasteiger partial charge in [0.1, 0.15) is 4.88 Å². The smallest absolute Gasteiger partial charge is 0.349 e. The van der Waals surface area contributed by atoms with E-state index in [2.05, 4.69) is 23.7 Å². The van der Waals surface area contributed by atoms with E-state index in [9.17, 15) is 4.79 Å². The quantitative estimate of drug-likeness (QED) is 0.799. The predicted molar refractivity (Wildman–Crippen MR) is 77.8 cm³/mol. The molecular formula is C14H22N2O2S. The predicted octanol–water partition coefficient (Wildman–Crippen LogP) is 3.19. The first kappa shape index (κ1) is 14.3. The van der Waals surface area contributed by atoms with Crippen molar-refractivity contribution in [2.75, 3.05) is 25.1 Å². The van der Waals surface area contributed by atoms with Gasteiger partial charge in [-0.1, -0.05) is 25.2 Å². The second-order valence-corrected chi connectivity index (χ2v) is 6.43. The first-order valence-corrected chi connectivity index (χ1v) is 7.72. The molecule has 1 aliphatic heterocycles. The van der Waals surface area contributed by atoms with E-state index in [0.717, 1.165) is 30.1 Å². The molecule has 1 aliphatic rings. The summed E-state index contributed by atoms with van der Waals surface area (Å²) in [5.74, 6) is 1.27. The molecule has 0 amide bonds. The molecular weight excluding hydrogens is 260 g/mol. The van der Waals surface area contributed by atoms with Crippen molar-refractivity contribution in [2.24, 2.45) is 11.8 Å². The minimum atomic E-state index is -0.293. The van der Waals surface area contributed by atoms with Crippen molar-refractivity contribution < 1.29 is 9.53 Å².